The fraction of sp³-hybridized carbons (Fsp3) is 0.545. The van der Waals surface area contributed by atoms with E-state index < -0.39 is 10.1 Å². The zero-order chi connectivity index (χ0) is 18.8. The first-order valence-corrected chi connectivity index (χ1v) is 11.5. The first-order chi connectivity index (χ1) is 12.5. The average Bonchev–Trinajstić information content (AvgIpc) is 2.62. The van der Waals surface area contributed by atoms with Crippen LogP contribution in [-0.2, 0) is 16.5 Å². The Labute approximate surface area is 194 Å². The van der Waals surface area contributed by atoms with Crippen LogP contribution in [0.15, 0.2) is 41.3 Å². The van der Waals surface area contributed by atoms with Crippen LogP contribution in [0, 0.1) is 0 Å². The van der Waals surface area contributed by atoms with Crippen molar-refractivity contribution in [2.45, 2.75) is 82.4 Å². The maximum absolute atomic E-state index is 11.9. The van der Waals surface area contributed by atoms with Crippen LogP contribution < -0.4 is 0 Å². The Morgan fingerprint density at radius 3 is 1.93 bits per heavy atom. The summed E-state index contributed by atoms with van der Waals surface area (Å²) in [6, 6.07) is 11.1. The van der Waals surface area contributed by atoms with Gasteiger partial charge in [0, 0.05) is 5.39 Å². The third kappa shape index (κ3) is 8.41. The number of hydrogen-bond acceptors (Lipinski definition) is 2. The number of aryl methyl sites for hydroxylation is 1. The van der Waals surface area contributed by atoms with Crippen LogP contribution in [0.5, 0.6) is 0 Å². The number of hydrogen-bond donors (Lipinski definition) is 1. The second-order valence-electron chi connectivity index (χ2n) is 7.18. The van der Waals surface area contributed by atoms with Gasteiger partial charge in [-0.05, 0) is 23.8 Å². The summed E-state index contributed by atoms with van der Waals surface area (Å²) in [6.45, 7) is 2.24. The van der Waals surface area contributed by atoms with Gasteiger partial charge in [-0.2, -0.15) is 8.42 Å². The molecule has 1 N–H and O–H groups in total. The molecule has 0 aliphatic heterocycles. The van der Waals surface area contributed by atoms with Crippen molar-refractivity contribution in [2.75, 3.05) is 0 Å². The summed E-state index contributed by atoms with van der Waals surface area (Å²) in [5.41, 5.74) is 0.728. The summed E-state index contributed by atoms with van der Waals surface area (Å²) < 4.78 is 33.5. The molecule has 0 unspecified atom stereocenters. The minimum atomic E-state index is -4.22. The van der Waals surface area contributed by atoms with Crippen molar-refractivity contribution in [1.82, 2.24) is 0 Å². The molecule has 0 aliphatic carbocycles. The zero-order valence-corrected chi connectivity index (χ0v) is 16.7. The molecule has 0 spiro atoms. The van der Waals surface area contributed by atoms with Gasteiger partial charge in [0.1, 0.15) is 4.90 Å². The molecular weight excluding hydrogens is 384 g/mol. The van der Waals surface area contributed by atoms with Gasteiger partial charge in [0.25, 0.3) is 10.1 Å². The molecule has 2 aromatic carbocycles. The van der Waals surface area contributed by atoms with Crippen molar-refractivity contribution >= 4 is 58.6 Å². The molecule has 0 aromatic heterocycles. The van der Waals surface area contributed by atoms with Crippen molar-refractivity contribution < 1.29 is 13.0 Å². The van der Waals surface area contributed by atoms with Crippen molar-refractivity contribution in [1.29, 1.82) is 0 Å². The summed E-state index contributed by atoms with van der Waals surface area (Å²) >= 11 is 0. The van der Waals surface area contributed by atoms with E-state index in [-0.39, 0.29) is 42.6 Å². The first-order valence-electron chi connectivity index (χ1n) is 10.0. The summed E-state index contributed by atoms with van der Waals surface area (Å²) in [6.07, 6.45) is 13.2. The van der Waals surface area contributed by atoms with Gasteiger partial charge < -0.3 is 0 Å². The fourth-order valence-corrected chi connectivity index (χ4v) is 4.56. The van der Waals surface area contributed by atoms with E-state index in [9.17, 15) is 13.0 Å². The minimum absolute atomic E-state index is 0. The molecule has 0 aliphatic rings. The Hall–Kier alpha value is -0.130. The molecule has 27 heavy (non-hydrogen) atoms. The van der Waals surface area contributed by atoms with Crippen LogP contribution >= 0.6 is 0 Å². The van der Waals surface area contributed by atoms with Gasteiger partial charge in [0.15, 0.2) is 0 Å². The van der Waals surface area contributed by atoms with Gasteiger partial charge in [-0.15, -0.1) is 0 Å². The van der Waals surface area contributed by atoms with Gasteiger partial charge in [0.2, 0.25) is 0 Å². The number of rotatable bonds is 12. The number of benzene rings is 2. The van der Waals surface area contributed by atoms with E-state index in [1.54, 1.807) is 12.1 Å². The quantitative estimate of drug-likeness (QED) is 0.276. The molecule has 0 amide bonds. The zero-order valence-electron chi connectivity index (χ0n) is 15.9. The molecule has 0 fully saturated rings. The normalized spacial score (nSPS) is 11.5. The summed E-state index contributed by atoms with van der Waals surface area (Å²) in [5.74, 6) is 0. The van der Waals surface area contributed by atoms with E-state index in [0.29, 0.717) is 11.8 Å². The van der Waals surface area contributed by atoms with Crippen molar-refractivity contribution in [2.24, 2.45) is 0 Å². The Kier molecular flexibility index (Phi) is 12.1. The van der Waals surface area contributed by atoms with Crippen LogP contribution in [0.25, 0.3) is 10.8 Å². The second kappa shape index (κ2) is 13.2. The van der Waals surface area contributed by atoms with E-state index in [4.69, 9.17) is 0 Å². The molecule has 5 heteroatoms. The van der Waals surface area contributed by atoms with E-state index >= 15 is 0 Å². The number of fused-ring (bicyclic) bond motifs is 1. The Bertz CT molecular complexity index is 787. The van der Waals surface area contributed by atoms with Crippen LogP contribution in [0.4, 0.5) is 0 Å². The predicted octanol–water partition coefficient (Wildman–Crippen LogP) is 5.63. The summed E-state index contributed by atoms with van der Waals surface area (Å²) in [5, 5.41) is 1.45. The summed E-state index contributed by atoms with van der Waals surface area (Å²) in [7, 11) is -4.22. The molecule has 2 rings (SSSR count). The van der Waals surface area contributed by atoms with Gasteiger partial charge in [0.05, 0.1) is 0 Å². The second-order valence-corrected chi connectivity index (χ2v) is 8.54. The van der Waals surface area contributed by atoms with Crippen LogP contribution in [0.2, 0.25) is 0 Å². The molecule has 148 valence electrons. The Morgan fingerprint density at radius 2 is 1.33 bits per heavy atom. The third-order valence-electron chi connectivity index (χ3n) is 5.02. The van der Waals surface area contributed by atoms with Crippen LogP contribution in [-0.4, -0.2) is 50.7 Å². The Balaban J connectivity index is 0.00000364. The summed E-state index contributed by atoms with van der Waals surface area (Å²) in [4.78, 5) is 0.0894. The predicted molar refractivity (Wildman–Crippen MR) is 118 cm³/mol. The van der Waals surface area contributed by atoms with Crippen molar-refractivity contribution in [3.63, 3.8) is 0 Å². The van der Waals surface area contributed by atoms with E-state index in [0.717, 1.165) is 23.8 Å². The molecule has 2 aromatic rings. The van der Waals surface area contributed by atoms with E-state index in [1.165, 1.54) is 51.4 Å². The van der Waals surface area contributed by atoms with Crippen molar-refractivity contribution in [3.8, 4) is 0 Å². The molecule has 0 atom stereocenters. The standard InChI is InChI=1S/C22H32O3S.Ca.2H/c1-2-3-4-5-6-7-8-9-10-11-15-20-18-17-19-14-12-13-16-21(19)22(20)26(23,24)25;;;/h12-14,16-18H,2-11,15H2,1H3,(H,23,24,25);;;. The molecule has 0 saturated carbocycles. The van der Waals surface area contributed by atoms with E-state index in [2.05, 4.69) is 6.92 Å². The Morgan fingerprint density at radius 1 is 0.778 bits per heavy atom. The number of unbranched alkanes of at least 4 members (excludes halogenated alkanes) is 9. The van der Waals surface area contributed by atoms with Gasteiger partial charge in [-0.3, -0.25) is 4.55 Å². The van der Waals surface area contributed by atoms with Gasteiger partial charge in [-0.25, -0.2) is 0 Å². The van der Waals surface area contributed by atoms with E-state index in [1.807, 2.05) is 24.3 Å². The van der Waals surface area contributed by atoms with Gasteiger partial charge in [-0.1, -0.05) is 101 Å². The molecule has 0 bridgehead atoms. The average molecular weight is 419 g/mol. The first kappa shape index (κ1) is 24.9. The van der Waals surface area contributed by atoms with Crippen LogP contribution in [0.1, 0.15) is 76.7 Å². The van der Waals surface area contributed by atoms with Gasteiger partial charge >= 0.3 is 37.7 Å². The maximum atomic E-state index is 11.9. The SMILES string of the molecule is CCCCCCCCCCCCc1ccc2ccccc2c1S(=O)(=O)O.[CaH2]. The van der Waals surface area contributed by atoms with Crippen molar-refractivity contribution in [3.05, 3.63) is 42.0 Å². The molecule has 0 saturated heterocycles. The fourth-order valence-electron chi connectivity index (χ4n) is 3.59. The third-order valence-corrected chi connectivity index (χ3v) is 6.02. The molecule has 0 radical (unpaired) electrons. The topological polar surface area (TPSA) is 54.4 Å². The molecular formula is C22H34CaO3S. The molecule has 0 heterocycles. The van der Waals surface area contributed by atoms with Crippen LogP contribution in [0.3, 0.4) is 0 Å². The molecule has 3 nitrogen and oxygen atoms in total. The monoisotopic (exact) mass is 418 g/mol.